The second-order valence-electron chi connectivity index (χ2n) is 20.3. The van der Waals surface area contributed by atoms with E-state index in [2.05, 4.69) is 57.2 Å². The van der Waals surface area contributed by atoms with Crippen LogP contribution in [0.25, 0.3) is 0 Å². The Morgan fingerprint density at radius 1 is 0.294 bits per heavy atom. The molecule has 0 amide bonds. The molecule has 1 atom stereocenters. The molecule has 0 aliphatic rings. The van der Waals surface area contributed by atoms with E-state index in [9.17, 15) is 14.4 Å². The van der Waals surface area contributed by atoms with Gasteiger partial charge in [0.1, 0.15) is 13.2 Å². The quantitative estimate of drug-likeness (QED) is 0.0262. The van der Waals surface area contributed by atoms with Crippen molar-refractivity contribution in [2.24, 2.45) is 0 Å². The minimum atomic E-state index is -0.780. The van der Waals surface area contributed by atoms with E-state index in [1.807, 2.05) is 0 Å². The Labute approximate surface area is 423 Å². The highest BCUT2D eigenvalue weighted by Crippen LogP contribution is 2.17. The Bertz CT molecular complexity index is 1140. The molecule has 6 heteroatoms. The molecule has 398 valence electrons. The van der Waals surface area contributed by atoms with E-state index in [-0.39, 0.29) is 31.1 Å². The van der Waals surface area contributed by atoms with Crippen LogP contribution in [0.3, 0.4) is 0 Å². The summed E-state index contributed by atoms with van der Waals surface area (Å²) in [7, 11) is 0. The number of hydrogen-bond donors (Lipinski definition) is 0. The molecule has 0 N–H and O–H groups in total. The van der Waals surface area contributed by atoms with E-state index >= 15 is 0 Å². The number of allylic oxidation sites excluding steroid dienone is 6. The Balaban J connectivity index is 4.36. The van der Waals surface area contributed by atoms with E-state index in [1.165, 1.54) is 193 Å². The number of hydrogen-bond acceptors (Lipinski definition) is 6. The Kier molecular flexibility index (Phi) is 55.2. The second kappa shape index (κ2) is 57.2. The zero-order valence-electron chi connectivity index (χ0n) is 45.6. The summed E-state index contributed by atoms with van der Waals surface area (Å²) < 4.78 is 16.9. The molecular formula is C62H114O6. The summed E-state index contributed by atoms with van der Waals surface area (Å²) in [6.45, 7) is 6.65. The van der Waals surface area contributed by atoms with Crippen molar-refractivity contribution in [3.8, 4) is 0 Å². The maximum absolute atomic E-state index is 12.9. The third kappa shape index (κ3) is 54.6. The number of unbranched alkanes of at least 4 members (excludes halogenated alkanes) is 38. The molecule has 0 heterocycles. The first-order chi connectivity index (χ1) is 33.5. The molecular weight excluding hydrogens is 841 g/mol. The van der Waals surface area contributed by atoms with Crippen molar-refractivity contribution in [1.82, 2.24) is 0 Å². The number of esters is 3. The van der Waals surface area contributed by atoms with Crippen LogP contribution in [0.2, 0.25) is 0 Å². The molecule has 0 aromatic rings. The van der Waals surface area contributed by atoms with Gasteiger partial charge >= 0.3 is 17.9 Å². The van der Waals surface area contributed by atoms with Crippen molar-refractivity contribution in [1.29, 1.82) is 0 Å². The fourth-order valence-electron chi connectivity index (χ4n) is 8.82. The maximum atomic E-state index is 12.9. The highest BCUT2D eigenvalue weighted by molar-refractivity contribution is 5.71. The summed E-state index contributed by atoms with van der Waals surface area (Å²) in [6, 6.07) is 0. The van der Waals surface area contributed by atoms with Crippen LogP contribution >= 0.6 is 0 Å². The first kappa shape index (κ1) is 65.6. The summed E-state index contributed by atoms with van der Waals surface area (Å²) in [5, 5.41) is 0. The second-order valence-corrected chi connectivity index (χ2v) is 20.3. The van der Waals surface area contributed by atoms with Crippen molar-refractivity contribution in [2.45, 2.75) is 329 Å². The van der Waals surface area contributed by atoms with Gasteiger partial charge in [0.05, 0.1) is 0 Å². The molecule has 0 aliphatic carbocycles. The van der Waals surface area contributed by atoms with Crippen molar-refractivity contribution < 1.29 is 28.6 Å². The Morgan fingerprint density at radius 3 is 0.838 bits per heavy atom. The number of ether oxygens (including phenoxy) is 3. The maximum Gasteiger partial charge on any atom is 0.306 e. The number of carbonyl (C=O) groups excluding carboxylic acids is 3. The smallest absolute Gasteiger partial charge is 0.306 e. The molecule has 68 heavy (non-hydrogen) atoms. The topological polar surface area (TPSA) is 78.9 Å². The third-order valence-corrected chi connectivity index (χ3v) is 13.4. The van der Waals surface area contributed by atoms with Gasteiger partial charge in [-0.3, -0.25) is 14.4 Å². The number of carbonyl (C=O) groups is 3. The van der Waals surface area contributed by atoms with E-state index in [4.69, 9.17) is 14.2 Å². The third-order valence-electron chi connectivity index (χ3n) is 13.4. The standard InChI is InChI=1S/C62H114O6/c1-4-7-10-13-16-19-22-25-28-31-32-35-37-40-43-46-49-52-55-61(64)67-58-59(68-62(65)56-53-50-47-44-41-38-34-30-27-24-21-18-15-12-9-6-3)57-66-60(63)54-51-48-45-42-39-36-33-29-26-23-20-17-14-11-8-5-2/h21,24,29-30,33-34,59H,4-20,22-23,25-28,31-32,35-58H2,1-3H3/b24-21-,33-29-,34-30-. The predicted molar refractivity (Wildman–Crippen MR) is 293 cm³/mol. The van der Waals surface area contributed by atoms with Gasteiger partial charge in [-0.15, -0.1) is 0 Å². The van der Waals surface area contributed by atoms with Gasteiger partial charge in [-0.25, -0.2) is 0 Å². The lowest BCUT2D eigenvalue weighted by Gasteiger charge is -2.18. The van der Waals surface area contributed by atoms with Crippen molar-refractivity contribution in [2.75, 3.05) is 13.2 Å². The van der Waals surface area contributed by atoms with Crippen LogP contribution in [0.5, 0.6) is 0 Å². The van der Waals surface area contributed by atoms with Gasteiger partial charge in [0.25, 0.3) is 0 Å². The lowest BCUT2D eigenvalue weighted by molar-refractivity contribution is -0.167. The molecule has 0 bridgehead atoms. The van der Waals surface area contributed by atoms with Gasteiger partial charge in [0, 0.05) is 19.3 Å². The zero-order valence-corrected chi connectivity index (χ0v) is 45.6. The van der Waals surface area contributed by atoms with E-state index < -0.39 is 6.10 Å². The molecule has 1 unspecified atom stereocenters. The average Bonchev–Trinajstić information content (AvgIpc) is 3.34. The molecule has 0 aromatic heterocycles. The van der Waals surface area contributed by atoms with Crippen LogP contribution in [-0.4, -0.2) is 37.2 Å². The number of rotatable bonds is 55. The monoisotopic (exact) mass is 955 g/mol. The Morgan fingerprint density at radius 2 is 0.529 bits per heavy atom. The minimum Gasteiger partial charge on any atom is -0.462 e. The fraction of sp³-hybridized carbons (Fsp3) is 0.855. The highest BCUT2D eigenvalue weighted by Gasteiger charge is 2.19. The van der Waals surface area contributed by atoms with Gasteiger partial charge in [-0.05, 0) is 77.0 Å². The molecule has 0 aromatic carbocycles. The lowest BCUT2D eigenvalue weighted by Crippen LogP contribution is -2.30. The largest absolute Gasteiger partial charge is 0.462 e. The average molecular weight is 956 g/mol. The molecule has 0 aliphatic heterocycles. The summed E-state index contributed by atoms with van der Waals surface area (Å²) in [6.07, 6.45) is 68.5. The zero-order chi connectivity index (χ0) is 49.3. The molecule has 0 rings (SSSR count). The van der Waals surface area contributed by atoms with Crippen LogP contribution in [0.15, 0.2) is 36.5 Å². The summed E-state index contributed by atoms with van der Waals surface area (Å²) in [4.78, 5) is 38.2. The van der Waals surface area contributed by atoms with Crippen LogP contribution in [0.4, 0.5) is 0 Å². The Hall–Kier alpha value is -2.37. The lowest BCUT2D eigenvalue weighted by atomic mass is 10.0. The van der Waals surface area contributed by atoms with Crippen LogP contribution in [0.1, 0.15) is 323 Å². The first-order valence-electron chi connectivity index (χ1n) is 30.0. The van der Waals surface area contributed by atoms with Crippen LogP contribution in [-0.2, 0) is 28.6 Å². The van der Waals surface area contributed by atoms with Crippen molar-refractivity contribution >= 4 is 17.9 Å². The normalized spacial score (nSPS) is 12.2. The van der Waals surface area contributed by atoms with Crippen LogP contribution < -0.4 is 0 Å². The van der Waals surface area contributed by atoms with Gasteiger partial charge in [0.2, 0.25) is 0 Å². The van der Waals surface area contributed by atoms with E-state index in [0.717, 1.165) is 89.9 Å². The highest BCUT2D eigenvalue weighted by atomic mass is 16.6. The van der Waals surface area contributed by atoms with Gasteiger partial charge in [-0.1, -0.05) is 263 Å². The van der Waals surface area contributed by atoms with E-state index in [1.54, 1.807) is 0 Å². The summed E-state index contributed by atoms with van der Waals surface area (Å²) in [5.74, 6) is -0.880. The first-order valence-corrected chi connectivity index (χ1v) is 30.0. The molecule has 0 saturated carbocycles. The van der Waals surface area contributed by atoms with E-state index in [0.29, 0.717) is 19.3 Å². The molecule has 0 saturated heterocycles. The van der Waals surface area contributed by atoms with Gasteiger partial charge < -0.3 is 14.2 Å². The van der Waals surface area contributed by atoms with Gasteiger partial charge in [0.15, 0.2) is 6.10 Å². The fourth-order valence-corrected chi connectivity index (χ4v) is 8.82. The molecule has 6 nitrogen and oxygen atoms in total. The van der Waals surface area contributed by atoms with Crippen LogP contribution in [0, 0.1) is 0 Å². The molecule has 0 fully saturated rings. The van der Waals surface area contributed by atoms with Gasteiger partial charge in [-0.2, -0.15) is 0 Å². The summed E-state index contributed by atoms with van der Waals surface area (Å²) in [5.41, 5.74) is 0. The van der Waals surface area contributed by atoms with Crippen molar-refractivity contribution in [3.05, 3.63) is 36.5 Å². The predicted octanol–water partition coefficient (Wildman–Crippen LogP) is 20.0. The molecule has 0 radical (unpaired) electrons. The summed E-state index contributed by atoms with van der Waals surface area (Å²) >= 11 is 0. The molecule has 0 spiro atoms. The SMILES string of the molecule is CCCCCC/C=C\C/C=C\CCCCCCCC(=O)OC(COC(=O)CCCCCCC/C=C\CCCCCCCCC)COC(=O)CCCCCCCCCCCCCCCCCCCC. The minimum absolute atomic E-state index is 0.0767. The van der Waals surface area contributed by atoms with Crippen molar-refractivity contribution in [3.63, 3.8) is 0 Å².